The standard InChI is InChI=1S/C22H20N4O2/c1-14-13-17(20-15(2)25-26(3)21(20)23-14)22(27)24-18-11-7-8-12-19(18)28-16-9-5-4-6-10-16/h4-13H,1-3H3,(H,24,27). The van der Waals surface area contributed by atoms with E-state index in [1.54, 1.807) is 10.7 Å². The lowest BCUT2D eigenvalue weighted by Crippen LogP contribution is -2.14. The summed E-state index contributed by atoms with van der Waals surface area (Å²) in [5.41, 5.74) is 3.36. The highest BCUT2D eigenvalue weighted by Crippen LogP contribution is 2.30. The van der Waals surface area contributed by atoms with Crippen molar-refractivity contribution in [3.05, 3.63) is 77.6 Å². The molecule has 6 nitrogen and oxygen atoms in total. The van der Waals surface area contributed by atoms with Crippen LogP contribution in [0.5, 0.6) is 11.5 Å². The molecule has 2 aromatic carbocycles. The van der Waals surface area contributed by atoms with Gasteiger partial charge in [0, 0.05) is 12.7 Å². The average molecular weight is 372 g/mol. The molecule has 0 aliphatic carbocycles. The number of amides is 1. The molecule has 2 aromatic heterocycles. The predicted octanol–water partition coefficient (Wildman–Crippen LogP) is 4.63. The Labute approximate surface area is 162 Å². The summed E-state index contributed by atoms with van der Waals surface area (Å²) in [4.78, 5) is 17.6. The van der Waals surface area contributed by atoms with Crippen LogP contribution in [0.2, 0.25) is 0 Å². The molecule has 0 fully saturated rings. The van der Waals surface area contributed by atoms with Gasteiger partial charge in [-0.1, -0.05) is 30.3 Å². The zero-order valence-corrected chi connectivity index (χ0v) is 15.9. The topological polar surface area (TPSA) is 69.0 Å². The molecule has 0 aliphatic rings. The highest BCUT2D eigenvalue weighted by molar-refractivity contribution is 6.13. The minimum atomic E-state index is -0.226. The lowest BCUT2D eigenvalue weighted by atomic mass is 10.1. The van der Waals surface area contributed by atoms with Crippen molar-refractivity contribution in [3.63, 3.8) is 0 Å². The lowest BCUT2D eigenvalue weighted by Gasteiger charge is -2.13. The van der Waals surface area contributed by atoms with Crippen molar-refractivity contribution in [2.45, 2.75) is 13.8 Å². The molecule has 6 heteroatoms. The number of nitrogens with one attached hydrogen (secondary N) is 1. The first-order chi connectivity index (χ1) is 13.5. The van der Waals surface area contributed by atoms with Crippen LogP contribution in [0.25, 0.3) is 11.0 Å². The van der Waals surface area contributed by atoms with Gasteiger partial charge in [0.25, 0.3) is 5.91 Å². The van der Waals surface area contributed by atoms with E-state index in [0.29, 0.717) is 28.4 Å². The van der Waals surface area contributed by atoms with Crippen molar-refractivity contribution in [2.24, 2.45) is 7.05 Å². The van der Waals surface area contributed by atoms with Crippen molar-refractivity contribution in [2.75, 3.05) is 5.32 Å². The molecular weight excluding hydrogens is 352 g/mol. The van der Waals surface area contributed by atoms with Crippen molar-refractivity contribution in [3.8, 4) is 11.5 Å². The second-order valence-corrected chi connectivity index (χ2v) is 6.58. The van der Waals surface area contributed by atoms with Crippen LogP contribution in [0, 0.1) is 13.8 Å². The number of ether oxygens (including phenoxy) is 1. The zero-order valence-electron chi connectivity index (χ0n) is 15.9. The second kappa shape index (κ2) is 7.15. The number of fused-ring (bicyclic) bond motifs is 1. The third kappa shape index (κ3) is 3.32. The molecule has 0 bridgehead atoms. The van der Waals surface area contributed by atoms with Gasteiger partial charge < -0.3 is 10.1 Å². The van der Waals surface area contributed by atoms with Gasteiger partial charge in [-0.15, -0.1) is 0 Å². The summed E-state index contributed by atoms with van der Waals surface area (Å²) in [5, 5.41) is 8.13. The molecular formula is C22H20N4O2. The van der Waals surface area contributed by atoms with E-state index in [9.17, 15) is 4.79 Å². The lowest BCUT2D eigenvalue weighted by molar-refractivity contribution is 0.102. The number of hydrogen-bond acceptors (Lipinski definition) is 4. The van der Waals surface area contributed by atoms with Crippen molar-refractivity contribution in [1.82, 2.24) is 14.8 Å². The monoisotopic (exact) mass is 372 g/mol. The smallest absolute Gasteiger partial charge is 0.256 e. The summed E-state index contributed by atoms with van der Waals surface area (Å²) >= 11 is 0. The van der Waals surface area contributed by atoms with E-state index in [-0.39, 0.29) is 5.91 Å². The van der Waals surface area contributed by atoms with Gasteiger partial charge in [0.15, 0.2) is 11.4 Å². The van der Waals surface area contributed by atoms with E-state index in [0.717, 1.165) is 16.8 Å². The van der Waals surface area contributed by atoms with Crippen LogP contribution in [0.4, 0.5) is 5.69 Å². The molecule has 4 rings (SSSR count). The Balaban J connectivity index is 1.70. The van der Waals surface area contributed by atoms with E-state index in [1.165, 1.54) is 0 Å². The fourth-order valence-electron chi connectivity index (χ4n) is 3.21. The van der Waals surface area contributed by atoms with Crippen molar-refractivity contribution < 1.29 is 9.53 Å². The molecule has 140 valence electrons. The first kappa shape index (κ1) is 17.7. The molecule has 4 aromatic rings. The minimum Gasteiger partial charge on any atom is -0.455 e. The number of aryl methyl sites for hydroxylation is 3. The van der Waals surface area contributed by atoms with E-state index in [2.05, 4.69) is 15.4 Å². The van der Waals surface area contributed by atoms with Crippen LogP contribution in [0.15, 0.2) is 60.7 Å². The molecule has 1 N–H and O–H groups in total. The number of nitrogens with zero attached hydrogens (tertiary/aromatic N) is 3. The summed E-state index contributed by atoms with van der Waals surface area (Å²) in [5.74, 6) is 1.05. The van der Waals surface area contributed by atoms with E-state index < -0.39 is 0 Å². The van der Waals surface area contributed by atoms with Crippen LogP contribution in [-0.4, -0.2) is 20.7 Å². The number of aromatic nitrogens is 3. The van der Waals surface area contributed by atoms with Crippen LogP contribution in [0.3, 0.4) is 0 Å². The van der Waals surface area contributed by atoms with Crippen LogP contribution in [-0.2, 0) is 7.05 Å². The highest BCUT2D eigenvalue weighted by Gasteiger charge is 2.19. The number of hydrogen-bond donors (Lipinski definition) is 1. The largest absolute Gasteiger partial charge is 0.455 e. The first-order valence-corrected chi connectivity index (χ1v) is 8.97. The molecule has 0 saturated carbocycles. The highest BCUT2D eigenvalue weighted by atomic mass is 16.5. The summed E-state index contributed by atoms with van der Waals surface area (Å²) in [6, 6.07) is 18.6. The quantitative estimate of drug-likeness (QED) is 0.567. The summed E-state index contributed by atoms with van der Waals surface area (Å²) in [7, 11) is 1.83. The fourth-order valence-corrected chi connectivity index (χ4v) is 3.21. The van der Waals surface area contributed by atoms with E-state index in [4.69, 9.17) is 4.74 Å². The third-order valence-electron chi connectivity index (χ3n) is 4.45. The molecule has 0 spiro atoms. The fraction of sp³-hybridized carbons (Fsp3) is 0.136. The van der Waals surface area contributed by atoms with Gasteiger partial charge in [-0.25, -0.2) is 4.98 Å². The molecule has 0 saturated heterocycles. The maximum Gasteiger partial charge on any atom is 0.256 e. The molecule has 0 radical (unpaired) electrons. The summed E-state index contributed by atoms with van der Waals surface area (Å²) in [6.45, 7) is 3.74. The van der Waals surface area contributed by atoms with Gasteiger partial charge >= 0.3 is 0 Å². The SMILES string of the molecule is Cc1cc(C(=O)Nc2ccccc2Oc2ccccc2)c2c(C)nn(C)c2n1. The number of anilines is 1. The van der Waals surface area contributed by atoms with Crippen molar-refractivity contribution in [1.29, 1.82) is 0 Å². The molecule has 0 atom stereocenters. The summed E-state index contributed by atoms with van der Waals surface area (Å²) < 4.78 is 7.64. The molecule has 28 heavy (non-hydrogen) atoms. The van der Waals surface area contributed by atoms with E-state index >= 15 is 0 Å². The Morgan fingerprint density at radius 1 is 1.04 bits per heavy atom. The molecule has 1 amide bonds. The minimum absolute atomic E-state index is 0.226. The number of pyridine rings is 1. The predicted molar refractivity (Wildman–Crippen MR) is 109 cm³/mol. The zero-order chi connectivity index (χ0) is 19.7. The maximum atomic E-state index is 13.1. The number of carbonyl (C=O) groups excluding carboxylic acids is 1. The van der Waals surface area contributed by atoms with Crippen LogP contribution in [0.1, 0.15) is 21.7 Å². The Bertz CT molecular complexity index is 1170. The van der Waals surface area contributed by atoms with E-state index in [1.807, 2.05) is 75.5 Å². The van der Waals surface area contributed by atoms with Gasteiger partial charge in [0.1, 0.15) is 5.75 Å². The number of benzene rings is 2. The van der Waals surface area contributed by atoms with Crippen LogP contribution < -0.4 is 10.1 Å². The molecule has 2 heterocycles. The summed E-state index contributed by atoms with van der Waals surface area (Å²) in [6.07, 6.45) is 0. The maximum absolute atomic E-state index is 13.1. The third-order valence-corrected chi connectivity index (χ3v) is 4.45. The molecule has 0 aliphatic heterocycles. The number of carbonyl (C=O) groups is 1. The Morgan fingerprint density at radius 3 is 2.54 bits per heavy atom. The van der Waals surface area contributed by atoms with Gasteiger partial charge in [-0.2, -0.15) is 5.10 Å². The Kier molecular flexibility index (Phi) is 4.53. The second-order valence-electron chi connectivity index (χ2n) is 6.58. The number of para-hydroxylation sites is 3. The first-order valence-electron chi connectivity index (χ1n) is 8.97. The number of rotatable bonds is 4. The van der Waals surface area contributed by atoms with Gasteiger partial charge in [0.05, 0.1) is 22.3 Å². The Hall–Kier alpha value is -3.67. The van der Waals surface area contributed by atoms with Crippen molar-refractivity contribution >= 4 is 22.6 Å². The van der Waals surface area contributed by atoms with Crippen LogP contribution >= 0.6 is 0 Å². The normalized spacial score (nSPS) is 10.8. The van der Waals surface area contributed by atoms with Gasteiger partial charge in [-0.05, 0) is 44.2 Å². The Morgan fingerprint density at radius 2 is 1.75 bits per heavy atom. The van der Waals surface area contributed by atoms with Gasteiger partial charge in [-0.3, -0.25) is 9.48 Å². The van der Waals surface area contributed by atoms with Gasteiger partial charge in [0.2, 0.25) is 0 Å². The molecule has 0 unspecified atom stereocenters. The average Bonchev–Trinajstić information content (AvgIpc) is 2.97.